The third-order valence-corrected chi connectivity index (χ3v) is 6.22. The Morgan fingerprint density at radius 2 is 1.97 bits per heavy atom. The van der Waals surface area contributed by atoms with Crippen molar-refractivity contribution in [3.8, 4) is 0 Å². The van der Waals surface area contributed by atoms with Gasteiger partial charge >= 0.3 is 5.97 Å². The molecule has 4 rings (SSSR count). The van der Waals surface area contributed by atoms with Crippen LogP contribution in [0, 0.1) is 5.82 Å². The summed E-state index contributed by atoms with van der Waals surface area (Å²) in [4.78, 5) is 31.1. The third-order valence-electron chi connectivity index (χ3n) is 4.89. The minimum atomic E-state index is -0.774. The fraction of sp³-hybridized carbons (Fsp3) is 0.174. The van der Waals surface area contributed by atoms with Crippen molar-refractivity contribution in [2.75, 3.05) is 6.61 Å². The maximum absolute atomic E-state index is 13.6. The van der Waals surface area contributed by atoms with Crippen LogP contribution in [-0.2, 0) is 9.53 Å². The standard InChI is InChI=1S/C23H18ClFN2O3S/c1-3-30-22(29)19-13(2)26-23-27(20(19)14-8-10-16(25)11-9-14)21(28)18(31-23)12-15-6-4-5-7-17(15)24/h4-12,20H,3H2,1-2H3. The molecule has 1 unspecified atom stereocenters. The van der Waals surface area contributed by atoms with E-state index < -0.39 is 17.8 Å². The van der Waals surface area contributed by atoms with E-state index in [4.69, 9.17) is 16.3 Å². The Hall–Kier alpha value is -3.03. The average molecular weight is 457 g/mol. The summed E-state index contributed by atoms with van der Waals surface area (Å²) < 4.78 is 20.7. The minimum absolute atomic E-state index is 0.183. The number of thiazole rings is 1. The summed E-state index contributed by atoms with van der Waals surface area (Å²) in [6, 6.07) is 12.1. The Bertz CT molecular complexity index is 1370. The van der Waals surface area contributed by atoms with Crippen LogP contribution in [-0.4, -0.2) is 17.1 Å². The second-order valence-corrected chi connectivity index (χ2v) is 8.29. The monoisotopic (exact) mass is 456 g/mol. The van der Waals surface area contributed by atoms with Crippen molar-refractivity contribution in [2.45, 2.75) is 19.9 Å². The van der Waals surface area contributed by atoms with Crippen molar-refractivity contribution in [2.24, 2.45) is 4.99 Å². The van der Waals surface area contributed by atoms with Gasteiger partial charge in [-0.2, -0.15) is 0 Å². The number of nitrogens with zero attached hydrogens (tertiary/aromatic N) is 2. The number of rotatable bonds is 4. The van der Waals surface area contributed by atoms with E-state index in [-0.39, 0.29) is 17.7 Å². The largest absolute Gasteiger partial charge is 0.463 e. The Morgan fingerprint density at radius 3 is 2.65 bits per heavy atom. The van der Waals surface area contributed by atoms with Crippen molar-refractivity contribution >= 4 is 35.0 Å². The fourth-order valence-electron chi connectivity index (χ4n) is 3.49. The van der Waals surface area contributed by atoms with E-state index in [1.54, 1.807) is 38.1 Å². The number of carbonyl (C=O) groups is 1. The number of allylic oxidation sites excluding steroid dienone is 1. The summed E-state index contributed by atoms with van der Waals surface area (Å²) in [6.07, 6.45) is 1.71. The van der Waals surface area contributed by atoms with E-state index in [1.165, 1.54) is 28.0 Å². The number of hydrogen-bond acceptors (Lipinski definition) is 5. The summed E-state index contributed by atoms with van der Waals surface area (Å²) in [7, 11) is 0. The first-order chi connectivity index (χ1) is 14.9. The van der Waals surface area contributed by atoms with Crippen LogP contribution in [0.25, 0.3) is 6.08 Å². The molecule has 5 nitrogen and oxygen atoms in total. The van der Waals surface area contributed by atoms with Crippen LogP contribution in [0.2, 0.25) is 5.02 Å². The molecule has 1 aromatic heterocycles. The molecule has 1 aliphatic heterocycles. The lowest BCUT2D eigenvalue weighted by molar-refractivity contribution is -0.139. The highest BCUT2D eigenvalue weighted by molar-refractivity contribution is 7.07. The summed E-state index contributed by atoms with van der Waals surface area (Å²) in [6.45, 7) is 3.59. The molecular weight excluding hydrogens is 439 g/mol. The number of halogens is 2. The molecule has 2 heterocycles. The molecule has 0 spiro atoms. The van der Waals surface area contributed by atoms with E-state index in [9.17, 15) is 14.0 Å². The minimum Gasteiger partial charge on any atom is -0.463 e. The molecule has 0 N–H and O–H groups in total. The van der Waals surface area contributed by atoms with Crippen molar-refractivity contribution in [3.63, 3.8) is 0 Å². The Morgan fingerprint density at radius 1 is 1.26 bits per heavy atom. The topological polar surface area (TPSA) is 60.7 Å². The van der Waals surface area contributed by atoms with Gasteiger partial charge in [0.05, 0.1) is 28.5 Å². The van der Waals surface area contributed by atoms with Crippen LogP contribution in [0.4, 0.5) is 4.39 Å². The molecule has 0 bridgehead atoms. The van der Waals surface area contributed by atoms with Gasteiger partial charge in [0.2, 0.25) is 0 Å². The molecule has 0 saturated heterocycles. The van der Waals surface area contributed by atoms with Gasteiger partial charge in [-0.05, 0) is 49.2 Å². The lowest BCUT2D eigenvalue weighted by atomic mass is 9.96. The summed E-state index contributed by atoms with van der Waals surface area (Å²) in [5, 5.41) is 0.520. The lowest BCUT2D eigenvalue weighted by Gasteiger charge is -2.24. The van der Waals surface area contributed by atoms with Gasteiger partial charge in [0.1, 0.15) is 5.82 Å². The van der Waals surface area contributed by atoms with Gasteiger partial charge in [-0.3, -0.25) is 9.36 Å². The molecular formula is C23H18ClFN2O3S. The van der Waals surface area contributed by atoms with Gasteiger partial charge in [-0.15, -0.1) is 0 Å². The molecule has 8 heteroatoms. The first kappa shape index (κ1) is 21.2. The summed E-state index contributed by atoms with van der Waals surface area (Å²) in [5.41, 5.74) is 1.69. The SMILES string of the molecule is CCOC(=O)C1=C(C)N=c2sc(=Cc3ccccc3Cl)c(=O)n2C1c1ccc(F)cc1. The Labute approximate surface area is 186 Å². The van der Waals surface area contributed by atoms with E-state index in [1.807, 2.05) is 18.2 Å². The Balaban J connectivity index is 1.97. The molecule has 1 aliphatic rings. The highest BCUT2D eigenvalue weighted by atomic mass is 35.5. The van der Waals surface area contributed by atoms with E-state index in [2.05, 4.69) is 4.99 Å². The first-order valence-corrected chi connectivity index (χ1v) is 10.8. The van der Waals surface area contributed by atoms with E-state index in [0.29, 0.717) is 31.2 Å². The van der Waals surface area contributed by atoms with Crippen molar-refractivity contribution in [1.82, 2.24) is 4.57 Å². The number of ether oxygens (including phenoxy) is 1. The average Bonchev–Trinajstić information content (AvgIpc) is 3.04. The maximum atomic E-state index is 13.6. The first-order valence-electron chi connectivity index (χ1n) is 9.60. The van der Waals surface area contributed by atoms with Gasteiger partial charge in [-0.1, -0.05) is 53.3 Å². The van der Waals surface area contributed by atoms with Crippen LogP contribution >= 0.6 is 22.9 Å². The number of esters is 1. The van der Waals surface area contributed by atoms with Crippen LogP contribution < -0.4 is 14.9 Å². The van der Waals surface area contributed by atoms with Crippen LogP contribution in [0.5, 0.6) is 0 Å². The molecule has 31 heavy (non-hydrogen) atoms. The normalized spacial score (nSPS) is 16.1. The van der Waals surface area contributed by atoms with Gasteiger partial charge in [0.15, 0.2) is 4.80 Å². The maximum Gasteiger partial charge on any atom is 0.338 e. The molecule has 0 fully saturated rings. The zero-order valence-corrected chi connectivity index (χ0v) is 18.3. The smallest absolute Gasteiger partial charge is 0.338 e. The number of carbonyl (C=O) groups excluding carboxylic acids is 1. The second kappa shape index (κ2) is 8.61. The van der Waals surface area contributed by atoms with Gasteiger partial charge in [-0.25, -0.2) is 14.2 Å². The second-order valence-electron chi connectivity index (χ2n) is 6.88. The number of aromatic nitrogens is 1. The van der Waals surface area contributed by atoms with Crippen LogP contribution in [0.15, 0.2) is 69.6 Å². The van der Waals surface area contributed by atoms with Crippen LogP contribution in [0.1, 0.15) is 31.0 Å². The van der Waals surface area contributed by atoms with Crippen LogP contribution in [0.3, 0.4) is 0 Å². The highest BCUT2D eigenvalue weighted by Gasteiger charge is 2.33. The molecule has 0 radical (unpaired) electrons. The fourth-order valence-corrected chi connectivity index (χ4v) is 4.71. The quantitative estimate of drug-likeness (QED) is 0.564. The molecule has 3 aromatic rings. The zero-order valence-electron chi connectivity index (χ0n) is 16.8. The predicted octanol–water partition coefficient (Wildman–Crippen LogP) is 3.59. The van der Waals surface area contributed by atoms with E-state index in [0.717, 1.165) is 0 Å². The molecule has 0 amide bonds. The molecule has 0 saturated carbocycles. The number of benzene rings is 2. The van der Waals surface area contributed by atoms with Crippen molar-refractivity contribution in [3.05, 3.63) is 101 Å². The molecule has 158 valence electrons. The van der Waals surface area contributed by atoms with Gasteiger partial charge in [0, 0.05) is 5.02 Å². The third kappa shape index (κ3) is 3.98. The predicted molar refractivity (Wildman–Crippen MR) is 118 cm³/mol. The Kier molecular flexibility index (Phi) is 5.89. The number of fused-ring (bicyclic) bond motifs is 1. The highest BCUT2D eigenvalue weighted by Crippen LogP contribution is 2.30. The lowest BCUT2D eigenvalue weighted by Crippen LogP contribution is -2.39. The molecule has 2 aromatic carbocycles. The molecule has 1 atom stereocenters. The van der Waals surface area contributed by atoms with Gasteiger partial charge < -0.3 is 4.74 Å². The molecule has 0 aliphatic carbocycles. The summed E-state index contributed by atoms with van der Waals surface area (Å²) in [5.74, 6) is -0.966. The van der Waals surface area contributed by atoms with Crippen molar-refractivity contribution < 1.29 is 13.9 Å². The van der Waals surface area contributed by atoms with E-state index >= 15 is 0 Å². The zero-order chi connectivity index (χ0) is 22.1. The van der Waals surface area contributed by atoms with Gasteiger partial charge in [0.25, 0.3) is 5.56 Å². The van der Waals surface area contributed by atoms with Crippen molar-refractivity contribution in [1.29, 1.82) is 0 Å². The summed E-state index contributed by atoms with van der Waals surface area (Å²) >= 11 is 7.46. The number of hydrogen-bond donors (Lipinski definition) is 0.